The lowest BCUT2D eigenvalue weighted by atomic mass is 10.0. The standard InChI is InChI=1S/C15H20N2O6S2/c1-24(20,21)11-5-7-12(8-6-11)25(22,23)17-13-4-2-3-10(13)9-14(17)15(18)16-19/h5-8,10,13-14,19H,2-4,9H2,1H3,(H,16,18). The average Bonchev–Trinajstić information content (AvgIpc) is 3.13. The topological polar surface area (TPSA) is 121 Å². The predicted octanol–water partition coefficient (Wildman–Crippen LogP) is 0.527. The summed E-state index contributed by atoms with van der Waals surface area (Å²) in [5.41, 5.74) is 1.55. The van der Waals surface area contributed by atoms with Crippen molar-refractivity contribution in [3.05, 3.63) is 24.3 Å². The maximum atomic E-state index is 13.1. The second-order valence-electron chi connectivity index (χ2n) is 6.56. The van der Waals surface area contributed by atoms with Crippen molar-refractivity contribution >= 4 is 25.8 Å². The molecule has 1 saturated carbocycles. The number of nitrogens with zero attached hydrogens (tertiary/aromatic N) is 1. The summed E-state index contributed by atoms with van der Waals surface area (Å²) in [7, 11) is -7.42. The molecule has 0 radical (unpaired) electrons. The second kappa shape index (κ2) is 6.35. The highest BCUT2D eigenvalue weighted by Gasteiger charge is 2.52. The Hall–Kier alpha value is -1.49. The number of nitrogens with one attached hydrogen (secondary N) is 1. The van der Waals surface area contributed by atoms with Crippen LogP contribution in [0.2, 0.25) is 0 Å². The molecule has 1 heterocycles. The molecule has 1 aromatic carbocycles. The third-order valence-electron chi connectivity index (χ3n) is 5.02. The molecule has 1 saturated heterocycles. The molecule has 2 fully saturated rings. The number of hydrogen-bond acceptors (Lipinski definition) is 6. The van der Waals surface area contributed by atoms with E-state index in [9.17, 15) is 21.6 Å². The van der Waals surface area contributed by atoms with Crippen molar-refractivity contribution in [3.8, 4) is 0 Å². The Labute approximate surface area is 146 Å². The van der Waals surface area contributed by atoms with Gasteiger partial charge in [0, 0.05) is 12.3 Å². The van der Waals surface area contributed by atoms with Crippen LogP contribution in [0.4, 0.5) is 0 Å². The molecule has 1 amide bonds. The van der Waals surface area contributed by atoms with Crippen LogP contribution in [0.3, 0.4) is 0 Å². The van der Waals surface area contributed by atoms with Crippen molar-refractivity contribution in [1.29, 1.82) is 0 Å². The Morgan fingerprint density at radius 2 is 1.72 bits per heavy atom. The number of benzene rings is 1. The van der Waals surface area contributed by atoms with Crippen LogP contribution in [-0.4, -0.2) is 50.6 Å². The Bertz CT molecular complexity index is 879. The number of carbonyl (C=O) groups is 1. The molecule has 2 N–H and O–H groups in total. The predicted molar refractivity (Wildman–Crippen MR) is 88.0 cm³/mol. The lowest BCUT2D eigenvalue weighted by Crippen LogP contribution is -2.48. The maximum Gasteiger partial charge on any atom is 0.261 e. The summed E-state index contributed by atoms with van der Waals surface area (Å²) >= 11 is 0. The van der Waals surface area contributed by atoms with Gasteiger partial charge in [-0.05, 0) is 49.4 Å². The van der Waals surface area contributed by atoms with Crippen molar-refractivity contribution in [2.75, 3.05) is 6.26 Å². The molecule has 8 nitrogen and oxygen atoms in total. The van der Waals surface area contributed by atoms with E-state index in [4.69, 9.17) is 5.21 Å². The molecular weight excluding hydrogens is 368 g/mol. The van der Waals surface area contributed by atoms with Crippen molar-refractivity contribution in [3.63, 3.8) is 0 Å². The van der Waals surface area contributed by atoms with Crippen LogP contribution in [0.5, 0.6) is 0 Å². The first kappa shape index (κ1) is 18.3. The number of carbonyl (C=O) groups excluding carboxylic acids is 1. The van der Waals surface area contributed by atoms with Crippen molar-refractivity contribution in [1.82, 2.24) is 9.79 Å². The minimum Gasteiger partial charge on any atom is -0.289 e. The summed E-state index contributed by atoms with van der Waals surface area (Å²) in [5.74, 6) is -0.655. The molecule has 1 aromatic rings. The number of rotatable bonds is 4. The molecule has 0 bridgehead atoms. The largest absolute Gasteiger partial charge is 0.289 e. The third-order valence-corrected chi connectivity index (χ3v) is 8.10. The van der Waals surface area contributed by atoms with Gasteiger partial charge in [-0.2, -0.15) is 4.31 Å². The Morgan fingerprint density at radius 3 is 2.28 bits per heavy atom. The van der Waals surface area contributed by atoms with Crippen molar-refractivity contribution in [2.45, 2.75) is 47.6 Å². The lowest BCUT2D eigenvalue weighted by molar-refractivity contribution is -0.132. The first-order valence-corrected chi connectivity index (χ1v) is 11.3. The van der Waals surface area contributed by atoms with E-state index >= 15 is 0 Å². The van der Waals surface area contributed by atoms with Gasteiger partial charge in [-0.15, -0.1) is 0 Å². The zero-order valence-corrected chi connectivity index (χ0v) is 15.3. The van der Waals surface area contributed by atoms with Gasteiger partial charge in [0.25, 0.3) is 5.91 Å². The van der Waals surface area contributed by atoms with E-state index < -0.39 is 31.8 Å². The van der Waals surface area contributed by atoms with Gasteiger partial charge in [-0.3, -0.25) is 10.0 Å². The smallest absolute Gasteiger partial charge is 0.261 e. The normalized spacial score (nSPS) is 27.2. The molecule has 2 aliphatic rings. The molecule has 138 valence electrons. The Kier molecular flexibility index (Phi) is 4.65. The lowest BCUT2D eigenvalue weighted by Gasteiger charge is -2.27. The highest BCUT2D eigenvalue weighted by Crippen LogP contribution is 2.44. The number of sulfonamides is 1. The van der Waals surface area contributed by atoms with Crippen LogP contribution in [-0.2, 0) is 24.7 Å². The molecule has 3 atom stereocenters. The van der Waals surface area contributed by atoms with E-state index in [1.165, 1.54) is 28.6 Å². The summed E-state index contributed by atoms with van der Waals surface area (Å²) in [6, 6.07) is 3.72. The van der Waals surface area contributed by atoms with Crippen LogP contribution < -0.4 is 5.48 Å². The molecule has 25 heavy (non-hydrogen) atoms. The van der Waals surface area contributed by atoms with Crippen molar-refractivity contribution < 1.29 is 26.8 Å². The van der Waals surface area contributed by atoms with E-state index in [0.29, 0.717) is 12.8 Å². The van der Waals surface area contributed by atoms with Gasteiger partial charge in [0.05, 0.1) is 9.79 Å². The summed E-state index contributed by atoms with van der Waals surface area (Å²) < 4.78 is 50.4. The van der Waals surface area contributed by atoms with Crippen LogP contribution in [0.1, 0.15) is 25.7 Å². The number of amides is 1. The zero-order valence-electron chi connectivity index (χ0n) is 13.6. The van der Waals surface area contributed by atoms with Gasteiger partial charge in [-0.1, -0.05) is 6.42 Å². The van der Waals surface area contributed by atoms with Gasteiger partial charge in [0.15, 0.2) is 9.84 Å². The fraction of sp³-hybridized carbons (Fsp3) is 0.533. The fourth-order valence-corrected chi connectivity index (χ4v) is 6.38. The van der Waals surface area contributed by atoms with Gasteiger partial charge in [0.1, 0.15) is 6.04 Å². The highest BCUT2D eigenvalue weighted by atomic mass is 32.2. The molecule has 3 unspecified atom stereocenters. The van der Waals surface area contributed by atoms with E-state index in [1.54, 1.807) is 5.48 Å². The monoisotopic (exact) mass is 388 g/mol. The van der Waals surface area contributed by atoms with Crippen LogP contribution in [0.25, 0.3) is 0 Å². The molecular formula is C15H20N2O6S2. The fourth-order valence-electron chi connectivity index (χ4n) is 3.87. The minimum atomic E-state index is -3.99. The minimum absolute atomic E-state index is 0.0243. The second-order valence-corrected chi connectivity index (χ2v) is 10.4. The maximum absolute atomic E-state index is 13.1. The Morgan fingerprint density at radius 1 is 1.12 bits per heavy atom. The number of fused-ring (bicyclic) bond motifs is 1. The molecule has 0 aromatic heterocycles. The van der Waals surface area contributed by atoms with Crippen molar-refractivity contribution in [2.24, 2.45) is 5.92 Å². The molecule has 10 heteroatoms. The first-order valence-electron chi connectivity index (χ1n) is 7.94. The summed E-state index contributed by atoms with van der Waals surface area (Å²) in [4.78, 5) is 11.9. The average molecular weight is 388 g/mol. The summed E-state index contributed by atoms with van der Waals surface area (Å²) in [5, 5.41) is 8.95. The number of hydrogen-bond donors (Lipinski definition) is 2. The van der Waals surface area contributed by atoms with Crippen LogP contribution >= 0.6 is 0 Å². The third kappa shape index (κ3) is 3.19. The quantitative estimate of drug-likeness (QED) is 0.573. The number of sulfone groups is 1. The number of hydroxylamine groups is 1. The summed E-state index contributed by atoms with van der Waals surface area (Å²) in [6.07, 6.45) is 3.82. The van der Waals surface area contributed by atoms with Crippen LogP contribution in [0.15, 0.2) is 34.1 Å². The van der Waals surface area contributed by atoms with Gasteiger partial charge < -0.3 is 0 Å². The SMILES string of the molecule is CS(=O)(=O)c1ccc(S(=O)(=O)N2C(C(=O)NO)CC3CCCC32)cc1. The van der Waals surface area contributed by atoms with Gasteiger partial charge >= 0.3 is 0 Å². The van der Waals surface area contributed by atoms with E-state index in [0.717, 1.165) is 19.1 Å². The van der Waals surface area contributed by atoms with Crippen LogP contribution in [0, 0.1) is 5.92 Å². The summed E-state index contributed by atoms with van der Waals surface area (Å²) in [6.45, 7) is 0. The molecule has 3 rings (SSSR count). The van der Waals surface area contributed by atoms with Gasteiger partial charge in [-0.25, -0.2) is 22.3 Å². The molecule has 1 aliphatic heterocycles. The van der Waals surface area contributed by atoms with E-state index in [2.05, 4.69) is 0 Å². The zero-order chi connectivity index (χ0) is 18.4. The first-order chi connectivity index (χ1) is 11.7. The highest BCUT2D eigenvalue weighted by molar-refractivity contribution is 7.90. The van der Waals surface area contributed by atoms with E-state index in [-0.39, 0.29) is 21.8 Å². The van der Waals surface area contributed by atoms with Gasteiger partial charge in [0.2, 0.25) is 10.0 Å². The van der Waals surface area contributed by atoms with E-state index in [1.807, 2.05) is 0 Å². The molecule has 0 spiro atoms. The molecule has 1 aliphatic carbocycles. The Balaban J connectivity index is 2.00.